The van der Waals surface area contributed by atoms with E-state index >= 15 is 0 Å². The first-order valence-corrected chi connectivity index (χ1v) is 13.3. The average molecular weight is 492 g/mol. The minimum atomic E-state index is -3.54. The summed E-state index contributed by atoms with van der Waals surface area (Å²) in [5.41, 5.74) is 1.58. The molecule has 2 amide bonds. The number of thioether (sulfide) groups is 1. The van der Waals surface area contributed by atoms with E-state index in [1.165, 1.54) is 21.0 Å². The number of nitrogens with zero attached hydrogens (tertiary/aromatic N) is 2. The molecule has 1 aliphatic heterocycles. The fourth-order valence-corrected chi connectivity index (χ4v) is 5.41. The van der Waals surface area contributed by atoms with E-state index in [0.29, 0.717) is 32.7 Å². The number of amides is 2. The van der Waals surface area contributed by atoms with Crippen molar-refractivity contribution in [2.75, 3.05) is 51.5 Å². The van der Waals surface area contributed by atoms with Crippen molar-refractivity contribution in [3.05, 3.63) is 54.1 Å². The highest BCUT2D eigenvalue weighted by Gasteiger charge is 2.26. The molecule has 1 fully saturated rings. The first-order valence-electron chi connectivity index (χ1n) is 10.6. The van der Waals surface area contributed by atoms with Crippen molar-refractivity contribution in [3.8, 4) is 0 Å². The Morgan fingerprint density at radius 3 is 2.42 bits per heavy atom. The van der Waals surface area contributed by atoms with Gasteiger partial charge in [0.1, 0.15) is 0 Å². The van der Waals surface area contributed by atoms with Crippen molar-refractivity contribution in [2.45, 2.75) is 22.6 Å². The van der Waals surface area contributed by atoms with Crippen LogP contribution in [0.1, 0.15) is 12.0 Å². The normalized spacial score (nSPS) is 14.6. The maximum absolute atomic E-state index is 12.7. The molecule has 178 valence electrons. The van der Waals surface area contributed by atoms with Gasteiger partial charge in [0.05, 0.1) is 30.3 Å². The van der Waals surface area contributed by atoms with Crippen molar-refractivity contribution >= 4 is 39.3 Å². The maximum atomic E-state index is 12.7. The standard InChI is InChI=1S/C23H29N3O5S2/c1-25(17-22(27)24-20-5-3-4-6-21(20)32-2)23(28)12-9-18-7-10-19(11-8-18)33(29,30)26-13-15-31-16-14-26/h3-8,10-11H,9,12-17H2,1-2H3,(H,24,27). The van der Waals surface area contributed by atoms with Crippen LogP contribution in [0.15, 0.2) is 58.3 Å². The second kappa shape index (κ2) is 11.6. The smallest absolute Gasteiger partial charge is 0.244 e. The van der Waals surface area contributed by atoms with E-state index in [4.69, 9.17) is 4.74 Å². The molecule has 1 aliphatic rings. The zero-order valence-corrected chi connectivity index (χ0v) is 20.5. The van der Waals surface area contributed by atoms with Crippen LogP contribution in [0.3, 0.4) is 0 Å². The highest BCUT2D eigenvalue weighted by atomic mass is 32.2. The summed E-state index contributed by atoms with van der Waals surface area (Å²) in [4.78, 5) is 27.4. The predicted molar refractivity (Wildman–Crippen MR) is 129 cm³/mol. The molecule has 0 aliphatic carbocycles. The summed E-state index contributed by atoms with van der Waals surface area (Å²) < 4.78 is 32.0. The van der Waals surface area contributed by atoms with Gasteiger partial charge in [0.2, 0.25) is 21.8 Å². The summed E-state index contributed by atoms with van der Waals surface area (Å²) in [6.07, 6.45) is 2.62. The Balaban J connectivity index is 1.50. The van der Waals surface area contributed by atoms with Crippen molar-refractivity contribution in [1.29, 1.82) is 0 Å². The lowest BCUT2D eigenvalue weighted by Crippen LogP contribution is -2.40. The number of hydrogen-bond acceptors (Lipinski definition) is 6. The molecule has 3 rings (SSSR count). The Hall–Kier alpha value is -2.40. The lowest BCUT2D eigenvalue weighted by Gasteiger charge is -2.26. The van der Waals surface area contributed by atoms with Crippen LogP contribution < -0.4 is 5.32 Å². The van der Waals surface area contributed by atoms with Gasteiger partial charge in [0, 0.05) is 31.5 Å². The van der Waals surface area contributed by atoms with Gasteiger partial charge in [-0.1, -0.05) is 24.3 Å². The molecule has 0 radical (unpaired) electrons. The van der Waals surface area contributed by atoms with Crippen LogP contribution in [0, 0.1) is 0 Å². The Morgan fingerprint density at radius 2 is 1.76 bits per heavy atom. The number of ether oxygens (including phenoxy) is 1. The molecular weight excluding hydrogens is 462 g/mol. The Kier molecular flexibility index (Phi) is 8.90. The number of benzene rings is 2. The minimum absolute atomic E-state index is 0.0434. The lowest BCUT2D eigenvalue weighted by atomic mass is 10.1. The number of carbonyl (C=O) groups excluding carboxylic acids is 2. The highest BCUT2D eigenvalue weighted by Crippen LogP contribution is 2.24. The van der Waals surface area contributed by atoms with Crippen LogP contribution in [0.25, 0.3) is 0 Å². The predicted octanol–water partition coefficient (Wildman–Crippen LogP) is 2.46. The van der Waals surface area contributed by atoms with Gasteiger partial charge < -0.3 is 15.0 Å². The van der Waals surface area contributed by atoms with E-state index in [-0.39, 0.29) is 29.7 Å². The number of hydrogen-bond donors (Lipinski definition) is 1. The number of anilines is 1. The molecule has 2 aromatic carbocycles. The molecule has 8 nitrogen and oxygen atoms in total. The summed E-state index contributed by atoms with van der Waals surface area (Å²) in [5, 5.41) is 2.85. The van der Waals surface area contributed by atoms with Crippen LogP contribution >= 0.6 is 11.8 Å². The topological polar surface area (TPSA) is 96.0 Å². The molecule has 0 spiro atoms. The van der Waals surface area contributed by atoms with E-state index in [1.807, 2.05) is 30.5 Å². The number of rotatable bonds is 9. The molecule has 10 heteroatoms. The molecule has 1 heterocycles. The third kappa shape index (κ3) is 6.80. The van der Waals surface area contributed by atoms with Crippen LogP contribution in [0.4, 0.5) is 5.69 Å². The second-order valence-electron chi connectivity index (χ2n) is 7.66. The summed E-state index contributed by atoms with van der Waals surface area (Å²) >= 11 is 1.54. The zero-order chi connectivity index (χ0) is 23.8. The molecule has 1 N–H and O–H groups in total. The fourth-order valence-electron chi connectivity index (χ4n) is 3.45. The van der Waals surface area contributed by atoms with Crippen LogP contribution in [0.2, 0.25) is 0 Å². The molecule has 0 saturated carbocycles. The molecule has 33 heavy (non-hydrogen) atoms. The molecule has 0 atom stereocenters. The second-order valence-corrected chi connectivity index (χ2v) is 10.4. The van der Waals surface area contributed by atoms with Crippen LogP contribution in [0.5, 0.6) is 0 Å². The van der Waals surface area contributed by atoms with Gasteiger partial charge in [0.15, 0.2) is 0 Å². The highest BCUT2D eigenvalue weighted by molar-refractivity contribution is 7.98. The maximum Gasteiger partial charge on any atom is 0.244 e. The zero-order valence-electron chi connectivity index (χ0n) is 18.8. The Morgan fingerprint density at radius 1 is 1.09 bits per heavy atom. The number of likely N-dealkylation sites (N-methyl/N-ethyl adjacent to an activating group) is 1. The largest absolute Gasteiger partial charge is 0.379 e. The van der Waals surface area contributed by atoms with Gasteiger partial charge in [-0.05, 0) is 42.5 Å². The van der Waals surface area contributed by atoms with Gasteiger partial charge in [-0.25, -0.2) is 8.42 Å². The summed E-state index contributed by atoms with van der Waals surface area (Å²) in [6.45, 7) is 1.45. The molecule has 0 bridgehead atoms. The minimum Gasteiger partial charge on any atom is -0.379 e. The van der Waals surface area contributed by atoms with E-state index in [9.17, 15) is 18.0 Å². The molecular formula is C23H29N3O5S2. The Bertz CT molecular complexity index is 1070. The van der Waals surface area contributed by atoms with Crippen LogP contribution in [-0.2, 0) is 30.8 Å². The summed E-state index contributed by atoms with van der Waals surface area (Å²) in [5.74, 6) is -0.418. The van der Waals surface area contributed by atoms with Crippen molar-refractivity contribution in [2.24, 2.45) is 0 Å². The number of nitrogens with one attached hydrogen (secondary N) is 1. The van der Waals surface area contributed by atoms with Crippen molar-refractivity contribution in [1.82, 2.24) is 9.21 Å². The van der Waals surface area contributed by atoms with Gasteiger partial charge in [0.25, 0.3) is 0 Å². The SMILES string of the molecule is CSc1ccccc1NC(=O)CN(C)C(=O)CCc1ccc(S(=O)(=O)N2CCOCC2)cc1. The third-order valence-corrected chi connectivity index (χ3v) is 8.06. The monoisotopic (exact) mass is 491 g/mol. The van der Waals surface area contributed by atoms with E-state index in [1.54, 1.807) is 31.3 Å². The van der Waals surface area contributed by atoms with Gasteiger partial charge in [-0.2, -0.15) is 4.31 Å². The van der Waals surface area contributed by atoms with E-state index in [0.717, 1.165) is 16.1 Å². The number of para-hydroxylation sites is 1. The quantitative estimate of drug-likeness (QED) is 0.542. The van der Waals surface area contributed by atoms with E-state index in [2.05, 4.69) is 5.32 Å². The lowest BCUT2D eigenvalue weighted by molar-refractivity contribution is -0.133. The molecule has 0 aromatic heterocycles. The third-order valence-electron chi connectivity index (χ3n) is 5.35. The summed E-state index contributed by atoms with van der Waals surface area (Å²) in [6, 6.07) is 14.1. The van der Waals surface area contributed by atoms with E-state index < -0.39 is 10.0 Å². The van der Waals surface area contributed by atoms with Gasteiger partial charge in [-0.3, -0.25) is 9.59 Å². The van der Waals surface area contributed by atoms with Gasteiger partial charge >= 0.3 is 0 Å². The molecule has 2 aromatic rings. The number of sulfonamides is 1. The number of aryl methyl sites for hydroxylation is 1. The molecule has 0 unspecified atom stereocenters. The summed E-state index contributed by atoms with van der Waals surface area (Å²) in [7, 11) is -1.94. The number of carbonyl (C=O) groups is 2. The fraction of sp³-hybridized carbons (Fsp3) is 0.391. The first-order chi connectivity index (χ1) is 15.8. The number of morpholine rings is 1. The average Bonchev–Trinajstić information content (AvgIpc) is 2.83. The first kappa shape index (κ1) is 25.2. The van der Waals surface area contributed by atoms with Gasteiger partial charge in [-0.15, -0.1) is 11.8 Å². The Labute approximate surface area is 199 Å². The van der Waals surface area contributed by atoms with Crippen molar-refractivity contribution in [3.63, 3.8) is 0 Å². The molecule has 1 saturated heterocycles. The van der Waals surface area contributed by atoms with Crippen LogP contribution in [-0.4, -0.2) is 75.6 Å². The van der Waals surface area contributed by atoms with Crippen molar-refractivity contribution < 1.29 is 22.7 Å².